The lowest BCUT2D eigenvalue weighted by atomic mass is 9.68. The van der Waals surface area contributed by atoms with Gasteiger partial charge in [-0.3, -0.25) is 9.69 Å². The van der Waals surface area contributed by atoms with Crippen LogP contribution in [-0.2, 0) is 14.9 Å². The summed E-state index contributed by atoms with van der Waals surface area (Å²) in [7, 11) is 1.70. The molecule has 1 aliphatic heterocycles. The Morgan fingerprint density at radius 1 is 1.00 bits per heavy atom. The van der Waals surface area contributed by atoms with Gasteiger partial charge in [0, 0.05) is 31.9 Å². The van der Waals surface area contributed by atoms with Gasteiger partial charge in [0.05, 0.1) is 19.1 Å². The molecule has 0 N–H and O–H groups in total. The maximum absolute atomic E-state index is 13.2. The predicted octanol–water partition coefficient (Wildman–Crippen LogP) is 4.75. The minimum absolute atomic E-state index is 0.0921. The number of benzene rings is 2. The molecule has 0 aromatic heterocycles. The SMILES string of the molecule is CCOC(=O)C(CCCN1CCN(c2ccc(OC)cc2)CC1)(c1ccccc1)C(C)C. The Bertz CT molecular complexity index is 830. The fourth-order valence-corrected chi connectivity index (χ4v) is 4.82. The summed E-state index contributed by atoms with van der Waals surface area (Å²) in [5.74, 6) is 0.961. The first-order valence-electron chi connectivity index (χ1n) is 11.9. The van der Waals surface area contributed by atoms with Crippen LogP contribution in [0.1, 0.15) is 39.2 Å². The fourth-order valence-electron chi connectivity index (χ4n) is 4.82. The number of methoxy groups -OCH3 is 1. The van der Waals surface area contributed by atoms with E-state index in [0.717, 1.165) is 56.9 Å². The van der Waals surface area contributed by atoms with Crippen LogP contribution in [0.3, 0.4) is 0 Å². The van der Waals surface area contributed by atoms with Gasteiger partial charge in [-0.15, -0.1) is 0 Å². The monoisotopic (exact) mass is 438 g/mol. The second-order valence-corrected chi connectivity index (χ2v) is 8.84. The van der Waals surface area contributed by atoms with Gasteiger partial charge in [-0.2, -0.15) is 0 Å². The summed E-state index contributed by atoms with van der Waals surface area (Å²) >= 11 is 0. The molecule has 5 nitrogen and oxygen atoms in total. The van der Waals surface area contributed by atoms with Crippen LogP contribution >= 0.6 is 0 Å². The summed E-state index contributed by atoms with van der Waals surface area (Å²) in [6, 6.07) is 18.5. The van der Waals surface area contributed by atoms with Gasteiger partial charge < -0.3 is 14.4 Å². The lowest BCUT2D eigenvalue weighted by Crippen LogP contribution is -2.47. The van der Waals surface area contributed by atoms with E-state index >= 15 is 0 Å². The molecule has 0 spiro atoms. The molecule has 1 saturated heterocycles. The molecule has 1 heterocycles. The van der Waals surface area contributed by atoms with Crippen molar-refractivity contribution in [1.82, 2.24) is 4.90 Å². The van der Waals surface area contributed by atoms with E-state index in [1.54, 1.807) is 7.11 Å². The Kier molecular flexibility index (Phi) is 8.57. The lowest BCUT2D eigenvalue weighted by Gasteiger charge is -2.38. The van der Waals surface area contributed by atoms with Crippen molar-refractivity contribution >= 4 is 11.7 Å². The summed E-state index contributed by atoms with van der Waals surface area (Å²) < 4.78 is 10.8. The Hall–Kier alpha value is -2.53. The second-order valence-electron chi connectivity index (χ2n) is 8.84. The molecule has 0 aliphatic carbocycles. The normalized spacial score (nSPS) is 16.6. The molecule has 5 heteroatoms. The highest BCUT2D eigenvalue weighted by Gasteiger charge is 2.44. The van der Waals surface area contributed by atoms with Crippen LogP contribution in [0.25, 0.3) is 0 Å². The van der Waals surface area contributed by atoms with E-state index in [1.165, 1.54) is 5.69 Å². The molecular weight excluding hydrogens is 400 g/mol. The van der Waals surface area contributed by atoms with Crippen molar-refractivity contribution < 1.29 is 14.3 Å². The molecule has 1 fully saturated rings. The molecule has 2 aromatic rings. The Morgan fingerprint density at radius 2 is 1.66 bits per heavy atom. The molecule has 0 saturated carbocycles. The Balaban J connectivity index is 1.59. The standard InChI is InChI=1S/C27H38N2O3/c1-5-32-26(30)27(22(2)3,23-10-7-6-8-11-23)16-9-17-28-18-20-29(21-19-28)24-12-14-25(31-4)15-13-24/h6-8,10-15,22H,5,9,16-21H2,1-4H3. The zero-order valence-corrected chi connectivity index (χ0v) is 20.0. The first-order chi connectivity index (χ1) is 15.5. The summed E-state index contributed by atoms with van der Waals surface area (Å²) in [4.78, 5) is 18.1. The molecule has 0 amide bonds. The highest BCUT2D eigenvalue weighted by molar-refractivity contribution is 5.83. The molecule has 0 radical (unpaired) electrons. The number of rotatable bonds is 10. The summed E-state index contributed by atoms with van der Waals surface area (Å²) in [5, 5.41) is 0. The average molecular weight is 439 g/mol. The number of carbonyl (C=O) groups excluding carboxylic acids is 1. The van der Waals surface area contributed by atoms with Crippen molar-refractivity contribution in [2.24, 2.45) is 5.92 Å². The predicted molar refractivity (Wildman–Crippen MR) is 130 cm³/mol. The van der Waals surface area contributed by atoms with Gasteiger partial charge in [0.25, 0.3) is 0 Å². The van der Waals surface area contributed by atoms with Crippen molar-refractivity contribution in [2.45, 2.75) is 39.0 Å². The number of hydrogen-bond acceptors (Lipinski definition) is 5. The van der Waals surface area contributed by atoms with Crippen molar-refractivity contribution in [1.29, 1.82) is 0 Å². The quantitative estimate of drug-likeness (QED) is 0.501. The van der Waals surface area contributed by atoms with Crippen LogP contribution in [0.15, 0.2) is 54.6 Å². The van der Waals surface area contributed by atoms with Gasteiger partial charge in [-0.1, -0.05) is 44.2 Å². The van der Waals surface area contributed by atoms with Gasteiger partial charge in [0.1, 0.15) is 5.75 Å². The first-order valence-corrected chi connectivity index (χ1v) is 11.9. The van der Waals surface area contributed by atoms with Crippen LogP contribution < -0.4 is 9.64 Å². The van der Waals surface area contributed by atoms with Crippen LogP contribution in [0, 0.1) is 5.92 Å². The molecule has 0 bridgehead atoms. The Morgan fingerprint density at radius 3 is 2.22 bits per heavy atom. The topological polar surface area (TPSA) is 42.0 Å². The number of nitrogens with zero attached hydrogens (tertiary/aromatic N) is 2. The lowest BCUT2D eigenvalue weighted by molar-refractivity contribution is -0.152. The minimum Gasteiger partial charge on any atom is -0.497 e. The van der Waals surface area contributed by atoms with Gasteiger partial charge in [-0.05, 0) is 62.1 Å². The molecular formula is C27H38N2O3. The molecule has 1 unspecified atom stereocenters. The third kappa shape index (κ3) is 5.44. The van der Waals surface area contributed by atoms with E-state index in [-0.39, 0.29) is 11.9 Å². The summed E-state index contributed by atoms with van der Waals surface area (Å²) in [6.07, 6.45) is 1.76. The number of hydrogen-bond donors (Lipinski definition) is 0. The van der Waals surface area contributed by atoms with Crippen molar-refractivity contribution in [3.05, 3.63) is 60.2 Å². The smallest absolute Gasteiger partial charge is 0.316 e. The molecule has 1 atom stereocenters. The van der Waals surface area contributed by atoms with E-state index < -0.39 is 5.41 Å². The number of carbonyl (C=O) groups is 1. The fraction of sp³-hybridized carbons (Fsp3) is 0.519. The van der Waals surface area contributed by atoms with E-state index in [9.17, 15) is 4.79 Å². The number of anilines is 1. The third-order valence-corrected chi connectivity index (χ3v) is 6.77. The van der Waals surface area contributed by atoms with E-state index in [0.29, 0.717) is 6.61 Å². The highest BCUT2D eigenvalue weighted by Crippen LogP contribution is 2.38. The Labute approximate surface area is 193 Å². The van der Waals surface area contributed by atoms with Crippen LogP contribution in [0.4, 0.5) is 5.69 Å². The zero-order chi connectivity index (χ0) is 23.0. The maximum atomic E-state index is 13.2. The van der Waals surface area contributed by atoms with E-state index in [4.69, 9.17) is 9.47 Å². The number of ether oxygens (including phenoxy) is 2. The van der Waals surface area contributed by atoms with Crippen molar-refractivity contribution in [2.75, 3.05) is 51.3 Å². The van der Waals surface area contributed by atoms with Gasteiger partial charge in [0.2, 0.25) is 0 Å². The van der Waals surface area contributed by atoms with Crippen LogP contribution in [0.5, 0.6) is 5.75 Å². The van der Waals surface area contributed by atoms with Crippen molar-refractivity contribution in [3.63, 3.8) is 0 Å². The highest BCUT2D eigenvalue weighted by atomic mass is 16.5. The molecule has 174 valence electrons. The van der Waals surface area contributed by atoms with Crippen molar-refractivity contribution in [3.8, 4) is 5.75 Å². The van der Waals surface area contributed by atoms with E-state index in [2.05, 4.69) is 47.9 Å². The number of esters is 1. The summed E-state index contributed by atoms with van der Waals surface area (Å²) in [6.45, 7) is 11.7. The molecule has 32 heavy (non-hydrogen) atoms. The number of piperazine rings is 1. The largest absolute Gasteiger partial charge is 0.497 e. The first kappa shape index (κ1) is 24.1. The van der Waals surface area contributed by atoms with Crippen LogP contribution in [0.2, 0.25) is 0 Å². The van der Waals surface area contributed by atoms with Gasteiger partial charge in [-0.25, -0.2) is 0 Å². The zero-order valence-electron chi connectivity index (χ0n) is 20.0. The van der Waals surface area contributed by atoms with Gasteiger partial charge in [0.15, 0.2) is 0 Å². The summed E-state index contributed by atoms with van der Waals surface area (Å²) in [5.41, 5.74) is 1.72. The maximum Gasteiger partial charge on any atom is 0.316 e. The average Bonchev–Trinajstić information content (AvgIpc) is 2.83. The minimum atomic E-state index is -0.595. The van der Waals surface area contributed by atoms with Gasteiger partial charge >= 0.3 is 5.97 Å². The van der Waals surface area contributed by atoms with E-state index in [1.807, 2.05) is 37.3 Å². The second kappa shape index (κ2) is 11.4. The molecule has 1 aliphatic rings. The van der Waals surface area contributed by atoms with Crippen LogP contribution in [-0.4, -0.2) is 57.3 Å². The third-order valence-electron chi connectivity index (χ3n) is 6.77. The molecule has 2 aromatic carbocycles. The molecule has 3 rings (SSSR count).